The van der Waals surface area contributed by atoms with E-state index in [4.69, 9.17) is 0 Å². The van der Waals surface area contributed by atoms with Crippen molar-refractivity contribution in [3.05, 3.63) is 40.5 Å². The number of carbonyl (C=O) groups excluding carboxylic acids is 1. The van der Waals surface area contributed by atoms with E-state index >= 15 is 0 Å². The van der Waals surface area contributed by atoms with Crippen LogP contribution in [-0.4, -0.2) is 5.78 Å². The molecule has 0 heterocycles. The Kier molecular flexibility index (Phi) is 3.23. The normalized spacial score (nSPS) is 10.9. The van der Waals surface area contributed by atoms with Crippen molar-refractivity contribution in [1.29, 1.82) is 0 Å². The predicted octanol–water partition coefficient (Wildman–Crippen LogP) is 3.21. The molecule has 0 atom stereocenters. The second kappa shape index (κ2) is 4.23. The van der Waals surface area contributed by atoms with Crippen molar-refractivity contribution in [1.82, 2.24) is 0 Å². The van der Waals surface area contributed by atoms with Gasteiger partial charge in [-0.2, -0.15) is 0 Å². The lowest BCUT2D eigenvalue weighted by atomic mass is 9.99. The number of carbonyl (C=O) groups is 1. The summed E-state index contributed by atoms with van der Waals surface area (Å²) in [5.41, 5.74) is 4.87. The first-order chi connectivity index (χ1) is 6.50. The lowest BCUT2D eigenvalue weighted by molar-refractivity contribution is -0.112. The van der Waals surface area contributed by atoms with Gasteiger partial charge in [0.1, 0.15) is 0 Å². The summed E-state index contributed by atoms with van der Waals surface area (Å²) in [6.45, 7) is 7.79. The zero-order valence-corrected chi connectivity index (χ0v) is 9.22. The van der Waals surface area contributed by atoms with Gasteiger partial charge in [0.25, 0.3) is 0 Å². The van der Waals surface area contributed by atoms with Crippen LogP contribution in [-0.2, 0) is 4.79 Å². The molecule has 0 aliphatic heterocycles. The Bertz CT molecular complexity index is 363. The molecule has 0 amide bonds. The van der Waals surface area contributed by atoms with Crippen molar-refractivity contribution >= 4 is 11.9 Å². The molecule has 0 aliphatic rings. The van der Waals surface area contributed by atoms with E-state index in [1.54, 1.807) is 13.0 Å². The Balaban J connectivity index is 3.15. The van der Waals surface area contributed by atoms with E-state index in [2.05, 4.69) is 32.9 Å². The van der Waals surface area contributed by atoms with Crippen molar-refractivity contribution in [2.45, 2.75) is 27.7 Å². The highest BCUT2D eigenvalue weighted by atomic mass is 16.1. The van der Waals surface area contributed by atoms with Gasteiger partial charge < -0.3 is 0 Å². The Labute approximate surface area is 85.5 Å². The highest BCUT2D eigenvalue weighted by molar-refractivity contribution is 5.91. The van der Waals surface area contributed by atoms with Crippen LogP contribution in [0.5, 0.6) is 0 Å². The zero-order valence-electron chi connectivity index (χ0n) is 9.22. The molecule has 1 nitrogen and oxygen atoms in total. The van der Waals surface area contributed by atoms with Gasteiger partial charge in [-0.3, -0.25) is 4.79 Å². The van der Waals surface area contributed by atoms with E-state index in [-0.39, 0.29) is 5.78 Å². The lowest BCUT2D eigenvalue weighted by Gasteiger charge is -2.06. The molecule has 1 rings (SSSR count). The standard InChI is InChI=1S/C13H16O/c1-9-7-10(2)13(11(3)8-9)6-5-12(4)14/h5-8H,1-4H3. The monoisotopic (exact) mass is 188 g/mol. The number of rotatable bonds is 2. The van der Waals surface area contributed by atoms with E-state index in [1.165, 1.54) is 16.7 Å². The number of benzene rings is 1. The van der Waals surface area contributed by atoms with Crippen molar-refractivity contribution in [2.75, 3.05) is 0 Å². The van der Waals surface area contributed by atoms with Gasteiger partial charge in [-0.15, -0.1) is 0 Å². The number of hydrogen-bond acceptors (Lipinski definition) is 1. The van der Waals surface area contributed by atoms with E-state index in [1.807, 2.05) is 6.08 Å². The molecule has 0 aromatic heterocycles. The smallest absolute Gasteiger partial charge is 0.152 e. The maximum Gasteiger partial charge on any atom is 0.152 e. The fourth-order valence-corrected chi connectivity index (χ4v) is 1.65. The molecular formula is C13H16O. The molecule has 74 valence electrons. The fourth-order valence-electron chi connectivity index (χ4n) is 1.65. The quantitative estimate of drug-likeness (QED) is 0.651. The first-order valence-electron chi connectivity index (χ1n) is 4.77. The van der Waals surface area contributed by atoms with E-state index in [0.717, 1.165) is 5.56 Å². The molecule has 0 aliphatic carbocycles. The zero-order chi connectivity index (χ0) is 10.7. The van der Waals surface area contributed by atoms with Gasteiger partial charge in [-0.1, -0.05) is 23.8 Å². The predicted molar refractivity (Wildman–Crippen MR) is 60.4 cm³/mol. The third kappa shape index (κ3) is 2.56. The molecule has 0 saturated carbocycles. The summed E-state index contributed by atoms with van der Waals surface area (Å²) in [6, 6.07) is 4.26. The maximum absolute atomic E-state index is 10.8. The first kappa shape index (κ1) is 10.7. The van der Waals surface area contributed by atoms with E-state index in [0.29, 0.717) is 0 Å². The van der Waals surface area contributed by atoms with Crippen LogP contribution in [0.3, 0.4) is 0 Å². The van der Waals surface area contributed by atoms with Crippen LogP contribution >= 0.6 is 0 Å². The SMILES string of the molecule is CC(=O)C=Cc1c(C)cc(C)cc1C. The average molecular weight is 188 g/mol. The van der Waals surface area contributed by atoms with Gasteiger partial charge in [-0.05, 0) is 50.5 Å². The van der Waals surface area contributed by atoms with Crippen molar-refractivity contribution in [3.63, 3.8) is 0 Å². The lowest BCUT2D eigenvalue weighted by Crippen LogP contribution is -1.89. The van der Waals surface area contributed by atoms with Crippen LogP contribution in [0.4, 0.5) is 0 Å². The molecule has 0 fully saturated rings. The van der Waals surface area contributed by atoms with Gasteiger partial charge in [-0.25, -0.2) is 0 Å². The summed E-state index contributed by atoms with van der Waals surface area (Å²) in [4.78, 5) is 10.8. The number of ketones is 1. The second-order valence-corrected chi connectivity index (χ2v) is 3.76. The molecule has 1 aromatic rings. The highest BCUT2D eigenvalue weighted by Crippen LogP contribution is 2.17. The fraction of sp³-hybridized carbons (Fsp3) is 0.308. The summed E-state index contributed by atoms with van der Waals surface area (Å²) in [5.74, 6) is 0.0874. The average Bonchev–Trinajstić information content (AvgIpc) is 2.01. The van der Waals surface area contributed by atoms with Gasteiger partial charge in [0, 0.05) is 0 Å². The van der Waals surface area contributed by atoms with Crippen molar-refractivity contribution < 1.29 is 4.79 Å². The largest absolute Gasteiger partial charge is 0.295 e. The molecule has 0 N–H and O–H groups in total. The van der Waals surface area contributed by atoms with Crippen LogP contribution in [0.1, 0.15) is 29.2 Å². The minimum atomic E-state index is 0.0874. The first-order valence-corrected chi connectivity index (χ1v) is 4.77. The van der Waals surface area contributed by atoms with Gasteiger partial charge in [0.2, 0.25) is 0 Å². The molecule has 0 bridgehead atoms. The molecule has 1 heteroatoms. The van der Waals surface area contributed by atoms with Crippen LogP contribution in [0.25, 0.3) is 6.08 Å². The van der Waals surface area contributed by atoms with Crippen molar-refractivity contribution in [3.8, 4) is 0 Å². The second-order valence-electron chi connectivity index (χ2n) is 3.76. The Morgan fingerprint density at radius 3 is 2.07 bits per heavy atom. The third-order valence-corrected chi connectivity index (χ3v) is 2.22. The molecule has 14 heavy (non-hydrogen) atoms. The Morgan fingerprint density at radius 1 is 1.14 bits per heavy atom. The van der Waals surface area contributed by atoms with Crippen LogP contribution in [0.2, 0.25) is 0 Å². The summed E-state index contributed by atoms with van der Waals surface area (Å²) in [5, 5.41) is 0. The molecule has 0 unspecified atom stereocenters. The van der Waals surface area contributed by atoms with E-state index in [9.17, 15) is 4.79 Å². The van der Waals surface area contributed by atoms with Gasteiger partial charge in [0.15, 0.2) is 5.78 Å². The molecule has 1 aromatic carbocycles. The minimum Gasteiger partial charge on any atom is -0.295 e. The van der Waals surface area contributed by atoms with Gasteiger partial charge >= 0.3 is 0 Å². The number of allylic oxidation sites excluding steroid dienone is 1. The van der Waals surface area contributed by atoms with Crippen LogP contribution in [0.15, 0.2) is 18.2 Å². The van der Waals surface area contributed by atoms with E-state index < -0.39 is 0 Å². The number of aryl methyl sites for hydroxylation is 3. The maximum atomic E-state index is 10.8. The van der Waals surface area contributed by atoms with Gasteiger partial charge in [0.05, 0.1) is 0 Å². The summed E-state index contributed by atoms with van der Waals surface area (Å²) >= 11 is 0. The van der Waals surface area contributed by atoms with Crippen molar-refractivity contribution in [2.24, 2.45) is 0 Å². The molecule has 0 saturated heterocycles. The van der Waals surface area contributed by atoms with Crippen LogP contribution in [0, 0.1) is 20.8 Å². The molecular weight excluding hydrogens is 172 g/mol. The Hall–Kier alpha value is -1.37. The third-order valence-electron chi connectivity index (χ3n) is 2.22. The highest BCUT2D eigenvalue weighted by Gasteiger charge is 1.99. The number of hydrogen-bond donors (Lipinski definition) is 0. The summed E-state index contributed by atoms with van der Waals surface area (Å²) in [6.07, 6.45) is 3.51. The summed E-state index contributed by atoms with van der Waals surface area (Å²) < 4.78 is 0. The van der Waals surface area contributed by atoms with Crippen LogP contribution < -0.4 is 0 Å². The molecule has 0 radical (unpaired) electrons. The topological polar surface area (TPSA) is 17.1 Å². The molecule has 0 spiro atoms. The Morgan fingerprint density at radius 2 is 1.64 bits per heavy atom. The summed E-state index contributed by atoms with van der Waals surface area (Å²) in [7, 11) is 0. The minimum absolute atomic E-state index is 0.0874.